The van der Waals surface area contributed by atoms with E-state index < -0.39 is 74.3 Å². The predicted octanol–water partition coefficient (Wildman–Crippen LogP) is 6.14. The molecular weight excluding hydrogens is 818 g/mol. The summed E-state index contributed by atoms with van der Waals surface area (Å²) in [6.07, 6.45) is 6.62. The van der Waals surface area contributed by atoms with Gasteiger partial charge in [0.15, 0.2) is 5.58 Å². The van der Waals surface area contributed by atoms with Crippen molar-refractivity contribution < 1.29 is 41.5 Å². The number of amides is 4. The second kappa shape index (κ2) is 14.9. The Kier molecular flexibility index (Phi) is 10.2. The molecule has 8 rings (SSSR count). The molecule has 2 aromatic heterocycles. The second-order valence-electron chi connectivity index (χ2n) is 16.6. The summed E-state index contributed by atoms with van der Waals surface area (Å²) in [6.45, 7) is 5.15. The number of halogens is 1. The normalized spacial score (nSPS) is 26.5. The van der Waals surface area contributed by atoms with Gasteiger partial charge in [0.2, 0.25) is 27.7 Å². The summed E-state index contributed by atoms with van der Waals surface area (Å²) in [7, 11) is -3.91. The summed E-state index contributed by atoms with van der Waals surface area (Å²) in [5.41, 5.74) is -0.482. The van der Waals surface area contributed by atoms with Gasteiger partial charge in [0, 0.05) is 33.0 Å². The molecule has 0 spiro atoms. The monoisotopic (exact) mass is 863 g/mol. The van der Waals surface area contributed by atoms with E-state index in [2.05, 4.69) is 31.3 Å². The third-order valence-electron chi connectivity index (χ3n) is 11.1. The van der Waals surface area contributed by atoms with E-state index in [4.69, 9.17) is 18.9 Å². The highest BCUT2D eigenvalue weighted by Gasteiger charge is 2.62. The zero-order valence-corrected chi connectivity index (χ0v) is 34.4. The molecule has 2 saturated carbocycles. The molecule has 2 aromatic carbocycles. The molecule has 302 valence electrons. The molecule has 14 nitrogen and oxygen atoms in total. The Balaban J connectivity index is 1.15. The number of carbonyl (C=O) groups is 4. The van der Waals surface area contributed by atoms with Crippen molar-refractivity contribution in [2.45, 2.75) is 113 Å². The minimum absolute atomic E-state index is 0.0245. The van der Waals surface area contributed by atoms with E-state index in [9.17, 15) is 27.6 Å². The molecule has 0 bridgehead atoms. The number of hydrogen-bond donors (Lipinski definition) is 3. The smallest absolute Gasteiger partial charge is 0.408 e. The molecule has 4 amide bonds. The lowest BCUT2D eigenvalue weighted by Gasteiger charge is -2.30. The van der Waals surface area contributed by atoms with Gasteiger partial charge in [-0.1, -0.05) is 53.1 Å². The van der Waals surface area contributed by atoms with Crippen LogP contribution in [0.2, 0.25) is 0 Å². The highest BCUT2D eigenvalue weighted by atomic mass is 79.9. The number of hydrogen-bond acceptors (Lipinski definition) is 10. The molecule has 16 heteroatoms. The first-order valence-electron chi connectivity index (χ1n) is 19.5. The number of pyridine rings is 1. The van der Waals surface area contributed by atoms with Gasteiger partial charge in [-0.15, -0.1) is 0 Å². The van der Waals surface area contributed by atoms with E-state index in [1.54, 1.807) is 20.8 Å². The van der Waals surface area contributed by atoms with Crippen LogP contribution in [-0.4, -0.2) is 83.2 Å². The third-order valence-corrected chi connectivity index (χ3v) is 13.4. The fourth-order valence-corrected chi connectivity index (χ4v) is 9.65. The average Bonchev–Trinajstić information content (AvgIpc) is 4.05. The Labute approximate surface area is 338 Å². The van der Waals surface area contributed by atoms with Crippen LogP contribution in [-0.2, 0) is 29.1 Å². The molecule has 57 heavy (non-hydrogen) atoms. The van der Waals surface area contributed by atoms with Gasteiger partial charge in [0.1, 0.15) is 40.4 Å². The second-order valence-corrected chi connectivity index (χ2v) is 19.5. The minimum Gasteiger partial charge on any atom is -0.472 e. The Bertz CT molecular complexity index is 2420. The number of benzene rings is 2. The maximum atomic E-state index is 14.6. The topological polar surface area (TPSA) is 186 Å². The molecule has 4 aliphatic rings. The number of fused-ring (bicyclic) bond motifs is 7. The molecule has 4 heterocycles. The first kappa shape index (κ1) is 39.1. The number of nitrogens with zero attached hydrogens (tertiary/aromatic N) is 2. The van der Waals surface area contributed by atoms with Crippen molar-refractivity contribution in [2.75, 3.05) is 6.54 Å². The van der Waals surface area contributed by atoms with Gasteiger partial charge >= 0.3 is 6.09 Å². The van der Waals surface area contributed by atoms with Crippen LogP contribution in [0.25, 0.3) is 32.8 Å². The summed E-state index contributed by atoms with van der Waals surface area (Å²) in [5, 5.41) is 7.24. The number of rotatable bonds is 6. The molecule has 4 aromatic rings. The van der Waals surface area contributed by atoms with Crippen LogP contribution in [0.3, 0.4) is 0 Å². The molecule has 0 radical (unpaired) electrons. The zero-order chi connectivity index (χ0) is 40.3. The molecule has 1 saturated heterocycles. The SMILES string of the molecule is CC(C)(C)OC(=O)N[C@H]1CCCCC/C=C/C2C[C@@]2(C(=O)NS(=O)(=O)C2CC2)NC(=O)[C@@H]2C[C@@H](Oc3nc4c5ccccc5oc4c4ccc(Br)cc34)CN2C1=O. The average molecular weight is 865 g/mol. The van der Waals surface area contributed by atoms with Crippen LogP contribution >= 0.6 is 15.9 Å². The molecule has 5 atom stereocenters. The Hall–Kier alpha value is -4.70. The lowest BCUT2D eigenvalue weighted by Crippen LogP contribution is -2.58. The van der Waals surface area contributed by atoms with Gasteiger partial charge in [0.25, 0.3) is 5.91 Å². The summed E-state index contributed by atoms with van der Waals surface area (Å²) in [6, 6.07) is 11.1. The van der Waals surface area contributed by atoms with Gasteiger partial charge < -0.3 is 29.4 Å². The number of aromatic nitrogens is 1. The molecule has 3 fully saturated rings. The fourth-order valence-electron chi connectivity index (χ4n) is 7.92. The van der Waals surface area contributed by atoms with E-state index in [-0.39, 0.29) is 25.3 Å². The van der Waals surface area contributed by atoms with Gasteiger partial charge in [-0.25, -0.2) is 18.2 Å². The number of nitrogens with one attached hydrogen (secondary N) is 3. The number of sulfonamides is 1. The van der Waals surface area contributed by atoms with Gasteiger partial charge in [-0.3, -0.25) is 19.1 Å². The maximum absolute atomic E-state index is 14.6. The molecule has 2 aliphatic carbocycles. The van der Waals surface area contributed by atoms with Crippen LogP contribution in [0.5, 0.6) is 5.88 Å². The van der Waals surface area contributed by atoms with Crippen LogP contribution in [0.4, 0.5) is 4.79 Å². The van der Waals surface area contributed by atoms with E-state index in [0.717, 1.165) is 28.1 Å². The van der Waals surface area contributed by atoms with Crippen molar-refractivity contribution in [3.05, 3.63) is 59.1 Å². The third kappa shape index (κ3) is 8.07. The predicted molar refractivity (Wildman–Crippen MR) is 216 cm³/mol. The number of para-hydroxylation sites is 1. The Morgan fingerprint density at radius 2 is 1.82 bits per heavy atom. The first-order valence-corrected chi connectivity index (χ1v) is 21.9. The molecular formula is C41H46BrN5O9S. The lowest BCUT2D eigenvalue weighted by molar-refractivity contribution is -0.141. The van der Waals surface area contributed by atoms with Crippen molar-refractivity contribution in [1.82, 2.24) is 25.2 Å². The zero-order valence-electron chi connectivity index (χ0n) is 32.0. The number of ether oxygens (including phenoxy) is 2. The van der Waals surface area contributed by atoms with Crippen molar-refractivity contribution in [1.29, 1.82) is 0 Å². The molecule has 2 aliphatic heterocycles. The summed E-state index contributed by atoms with van der Waals surface area (Å²) < 4.78 is 47.3. The largest absolute Gasteiger partial charge is 0.472 e. The number of furan rings is 1. The van der Waals surface area contributed by atoms with E-state index in [0.29, 0.717) is 54.2 Å². The lowest BCUT2D eigenvalue weighted by atomic mass is 10.0. The van der Waals surface area contributed by atoms with E-state index in [1.165, 1.54) is 4.90 Å². The number of alkyl carbamates (subject to hydrolysis) is 1. The highest BCUT2D eigenvalue weighted by molar-refractivity contribution is 9.10. The van der Waals surface area contributed by atoms with Crippen LogP contribution in [0.1, 0.15) is 78.6 Å². The number of carbonyl (C=O) groups excluding carboxylic acids is 4. The minimum atomic E-state index is -3.91. The van der Waals surface area contributed by atoms with Crippen molar-refractivity contribution >= 4 is 82.6 Å². The molecule has 3 N–H and O–H groups in total. The Morgan fingerprint density at radius 3 is 2.60 bits per heavy atom. The standard InChI is InChI=1S/C41H46BrN5O9S/c1-40(2,3)56-39(51)43-30-13-8-6-4-5-7-11-23-21-41(23,38(50)46-57(52,53)26-16-17-26)45-35(48)31-20-25(22-47(31)37(30)49)54-36-29-19-24(42)15-18-27(29)34-33(44-36)28-12-9-10-14-32(28)55-34/h7,9-12,14-15,18-19,23,25-26,30-31H,4-6,8,13,16-17,20-22H2,1-3H3,(H,43,51)(H,45,48)(H,46,50)/b11-7+/t23?,25-,30+,31+,41-/m1/s1. The first-order chi connectivity index (χ1) is 27.1. The van der Waals surface area contributed by atoms with Gasteiger partial charge in [0.05, 0.1) is 11.8 Å². The quantitative estimate of drug-likeness (QED) is 0.190. The summed E-state index contributed by atoms with van der Waals surface area (Å²) >= 11 is 3.56. The maximum Gasteiger partial charge on any atom is 0.408 e. The van der Waals surface area contributed by atoms with Gasteiger partial charge in [-0.05, 0) is 89.6 Å². The summed E-state index contributed by atoms with van der Waals surface area (Å²) in [4.78, 5) is 62.4. The van der Waals surface area contributed by atoms with E-state index in [1.807, 2.05) is 54.6 Å². The van der Waals surface area contributed by atoms with Crippen molar-refractivity contribution in [3.8, 4) is 5.88 Å². The van der Waals surface area contributed by atoms with Crippen LogP contribution in [0.15, 0.2) is 63.5 Å². The Morgan fingerprint density at radius 1 is 1.04 bits per heavy atom. The van der Waals surface area contributed by atoms with Crippen LogP contribution < -0.4 is 20.1 Å². The number of allylic oxidation sites excluding steroid dienone is 1. The van der Waals surface area contributed by atoms with Crippen LogP contribution in [0, 0.1) is 5.92 Å². The fraction of sp³-hybridized carbons (Fsp3) is 0.488. The van der Waals surface area contributed by atoms with Crippen molar-refractivity contribution in [2.24, 2.45) is 5.92 Å². The molecule has 1 unspecified atom stereocenters. The van der Waals surface area contributed by atoms with E-state index >= 15 is 0 Å². The van der Waals surface area contributed by atoms with Crippen molar-refractivity contribution in [3.63, 3.8) is 0 Å². The van der Waals surface area contributed by atoms with Gasteiger partial charge in [-0.2, -0.15) is 0 Å². The highest BCUT2D eigenvalue weighted by Crippen LogP contribution is 2.46. The summed E-state index contributed by atoms with van der Waals surface area (Å²) in [5.74, 6) is -2.09.